The summed E-state index contributed by atoms with van der Waals surface area (Å²) in [5, 5.41) is 9.56. The molecule has 0 saturated carbocycles. The summed E-state index contributed by atoms with van der Waals surface area (Å²) in [4.78, 5) is 23.9. The molecule has 0 heterocycles. The number of carboxylic acid groups (broad SMARTS) is 1. The van der Waals surface area contributed by atoms with Crippen LogP contribution in [0.1, 0.15) is 33.2 Å². The first-order valence-electron chi connectivity index (χ1n) is 6.67. The average Bonchev–Trinajstić information content (AvgIpc) is 2.53. The average molecular weight is 296 g/mol. The van der Waals surface area contributed by atoms with Crippen molar-refractivity contribution in [1.82, 2.24) is 0 Å². The van der Waals surface area contributed by atoms with Gasteiger partial charge in [0.1, 0.15) is 0 Å². The molecule has 4 heteroatoms. The summed E-state index contributed by atoms with van der Waals surface area (Å²) >= 11 is 0. The Kier molecular flexibility index (Phi) is 4.41. The maximum atomic E-state index is 12.2. The Morgan fingerprint density at radius 1 is 1.05 bits per heavy atom. The Labute approximate surface area is 128 Å². The highest BCUT2D eigenvalue weighted by Gasteiger charge is 2.25. The van der Waals surface area contributed by atoms with Crippen LogP contribution < -0.4 is 0 Å². The number of esters is 1. The number of ether oxygens (including phenoxy) is 1. The normalized spacial score (nSPS) is 10.1. The number of aromatic carboxylic acids is 1. The van der Waals surface area contributed by atoms with Crippen LogP contribution in [0, 0.1) is 0 Å². The number of methoxy groups -OCH3 is 1. The topological polar surface area (TPSA) is 63.6 Å². The molecule has 2 rings (SSSR count). The number of rotatable bonds is 4. The van der Waals surface area contributed by atoms with Gasteiger partial charge in [0.15, 0.2) is 0 Å². The molecule has 0 spiro atoms. The van der Waals surface area contributed by atoms with E-state index in [-0.39, 0.29) is 11.1 Å². The molecule has 2 aromatic rings. The van der Waals surface area contributed by atoms with E-state index in [0.717, 1.165) is 5.56 Å². The van der Waals surface area contributed by atoms with Crippen LogP contribution in [-0.4, -0.2) is 24.2 Å². The highest BCUT2D eigenvalue weighted by molar-refractivity contribution is 6.10. The fourth-order valence-electron chi connectivity index (χ4n) is 2.35. The molecule has 0 fully saturated rings. The second kappa shape index (κ2) is 6.26. The van der Waals surface area contributed by atoms with Gasteiger partial charge in [-0.1, -0.05) is 54.6 Å². The summed E-state index contributed by atoms with van der Waals surface area (Å²) in [5.74, 6) is -1.87. The van der Waals surface area contributed by atoms with Crippen molar-refractivity contribution in [2.24, 2.45) is 0 Å². The fourth-order valence-corrected chi connectivity index (χ4v) is 2.35. The summed E-state index contributed by atoms with van der Waals surface area (Å²) in [6.45, 7) is 5.48. The van der Waals surface area contributed by atoms with Gasteiger partial charge in [0, 0.05) is 0 Å². The van der Waals surface area contributed by atoms with E-state index in [1.807, 2.05) is 30.3 Å². The molecule has 0 bridgehead atoms. The van der Waals surface area contributed by atoms with E-state index in [2.05, 4.69) is 6.58 Å². The molecule has 0 aliphatic rings. The summed E-state index contributed by atoms with van der Waals surface area (Å²) in [6.07, 6.45) is 0. The van der Waals surface area contributed by atoms with Crippen molar-refractivity contribution >= 4 is 17.5 Å². The number of carbonyl (C=O) groups excluding carboxylic acids is 1. The van der Waals surface area contributed by atoms with E-state index in [0.29, 0.717) is 16.7 Å². The molecule has 0 unspecified atom stereocenters. The van der Waals surface area contributed by atoms with E-state index in [9.17, 15) is 14.7 Å². The molecule has 112 valence electrons. The van der Waals surface area contributed by atoms with Crippen LogP contribution in [0.5, 0.6) is 0 Å². The number of benzene rings is 2. The van der Waals surface area contributed by atoms with Crippen molar-refractivity contribution in [1.29, 1.82) is 0 Å². The Morgan fingerprint density at radius 2 is 1.68 bits per heavy atom. The Bertz CT molecular complexity index is 745. The minimum Gasteiger partial charge on any atom is -0.478 e. The van der Waals surface area contributed by atoms with Crippen molar-refractivity contribution in [2.75, 3.05) is 7.11 Å². The van der Waals surface area contributed by atoms with Gasteiger partial charge in [-0.3, -0.25) is 0 Å². The third kappa shape index (κ3) is 2.76. The maximum Gasteiger partial charge on any atom is 0.339 e. The molecule has 0 aliphatic heterocycles. The summed E-state index contributed by atoms with van der Waals surface area (Å²) in [5.41, 5.74) is 2.23. The second-order valence-electron chi connectivity index (χ2n) is 4.85. The van der Waals surface area contributed by atoms with Gasteiger partial charge in [-0.25, -0.2) is 9.59 Å². The lowest BCUT2D eigenvalue weighted by Gasteiger charge is -2.15. The van der Waals surface area contributed by atoms with Crippen LogP contribution in [0.3, 0.4) is 0 Å². The van der Waals surface area contributed by atoms with Gasteiger partial charge in [-0.2, -0.15) is 0 Å². The Morgan fingerprint density at radius 3 is 2.18 bits per heavy atom. The molecular formula is C18H16O4. The lowest BCUT2D eigenvalue weighted by Crippen LogP contribution is -2.14. The molecule has 1 N–H and O–H groups in total. The van der Waals surface area contributed by atoms with Gasteiger partial charge in [0.2, 0.25) is 0 Å². The number of carbonyl (C=O) groups is 2. The van der Waals surface area contributed by atoms with Crippen molar-refractivity contribution in [3.05, 3.63) is 65.7 Å². The first kappa shape index (κ1) is 15.5. The third-order valence-corrected chi connectivity index (χ3v) is 3.35. The summed E-state index contributed by atoms with van der Waals surface area (Å²) < 4.78 is 4.79. The SMILES string of the molecule is C=C(C)c1ccc(-c2ccccc2)c(C(=O)OC)c1C(=O)O. The smallest absolute Gasteiger partial charge is 0.339 e. The Balaban J connectivity index is 2.86. The van der Waals surface area contributed by atoms with E-state index in [4.69, 9.17) is 4.74 Å². The highest BCUT2D eigenvalue weighted by Crippen LogP contribution is 2.31. The zero-order chi connectivity index (χ0) is 16.3. The number of allylic oxidation sites excluding steroid dienone is 1. The largest absolute Gasteiger partial charge is 0.478 e. The lowest BCUT2D eigenvalue weighted by molar-refractivity contribution is 0.0583. The first-order valence-corrected chi connectivity index (χ1v) is 6.67. The number of hydrogen-bond donors (Lipinski definition) is 1. The fraction of sp³-hybridized carbons (Fsp3) is 0.111. The zero-order valence-corrected chi connectivity index (χ0v) is 12.4. The van der Waals surface area contributed by atoms with Crippen molar-refractivity contribution in [2.45, 2.75) is 6.92 Å². The zero-order valence-electron chi connectivity index (χ0n) is 12.4. The van der Waals surface area contributed by atoms with Crippen molar-refractivity contribution < 1.29 is 19.4 Å². The molecule has 4 nitrogen and oxygen atoms in total. The van der Waals surface area contributed by atoms with Crippen molar-refractivity contribution in [3.63, 3.8) is 0 Å². The maximum absolute atomic E-state index is 12.2. The third-order valence-electron chi connectivity index (χ3n) is 3.35. The van der Waals surface area contributed by atoms with Gasteiger partial charge >= 0.3 is 11.9 Å². The van der Waals surface area contributed by atoms with E-state index < -0.39 is 11.9 Å². The van der Waals surface area contributed by atoms with Crippen LogP contribution in [0.25, 0.3) is 16.7 Å². The molecule has 22 heavy (non-hydrogen) atoms. The van der Waals surface area contributed by atoms with E-state index in [1.54, 1.807) is 19.1 Å². The minimum absolute atomic E-state index is 0.0432. The molecular weight excluding hydrogens is 280 g/mol. The van der Waals surface area contributed by atoms with Gasteiger partial charge in [0.25, 0.3) is 0 Å². The molecule has 0 atom stereocenters. The molecule has 0 radical (unpaired) electrons. The van der Waals surface area contributed by atoms with E-state index >= 15 is 0 Å². The second-order valence-corrected chi connectivity index (χ2v) is 4.85. The number of hydrogen-bond acceptors (Lipinski definition) is 3. The van der Waals surface area contributed by atoms with Crippen molar-refractivity contribution in [3.8, 4) is 11.1 Å². The van der Waals surface area contributed by atoms with Gasteiger partial charge < -0.3 is 9.84 Å². The molecule has 0 aromatic heterocycles. The van der Waals surface area contributed by atoms with Gasteiger partial charge in [-0.05, 0) is 23.6 Å². The van der Waals surface area contributed by atoms with Crippen LogP contribution in [0.4, 0.5) is 0 Å². The highest BCUT2D eigenvalue weighted by atomic mass is 16.5. The summed E-state index contributed by atoms with van der Waals surface area (Å²) in [7, 11) is 1.23. The molecule has 0 aliphatic carbocycles. The minimum atomic E-state index is -1.18. The van der Waals surface area contributed by atoms with Crippen LogP contribution >= 0.6 is 0 Å². The standard InChI is InChI=1S/C18H16O4/c1-11(2)13-9-10-14(12-7-5-4-6-8-12)16(18(21)22-3)15(13)17(19)20/h4-10H,1H2,2-3H3,(H,19,20). The molecule has 2 aromatic carbocycles. The van der Waals surface area contributed by atoms with Gasteiger partial charge in [0.05, 0.1) is 18.2 Å². The first-order chi connectivity index (χ1) is 10.5. The van der Waals surface area contributed by atoms with Crippen LogP contribution in [-0.2, 0) is 4.74 Å². The monoisotopic (exact) mass is 296 g/mol. The number of carboxylic acids is 1. The van der Waals surface area contributed by atoms with Gasteiger partial charge in [-0.15, -0.1) is 0 Å². The molecule has 0 amide bonds. The summed E-state index contributed by atoms with van der Waals surface area (Å²) in [6, 6.07) is 12.5. The van der Waals surface area contributed by atoms with Crippen LogP contribution in [0.2, 0.25) is 0 Å². The quantitative estimate of drug-likeness (QED) is 0.870. The Hall–Kier alpha value is -2.88. The lowest BCUT2D eigenvalue weighted by atomic mass is 9.89. The predicted octanol–water partition coefficient (Wildman–Crippen LogP) is 3.87. The van der Waals surface area contributed by atoms with Crippen LogP contribution in [0.15, 0.2) is 49.0 Å². The molecule has 0 saturated heterocycles. The van der Waals surface area contributed by atoms with E-state index in [1.165, 1.54) is 7.11 Å². The predicted molar refractivity (Wildman–Crippen MR) is 84.9 cm³/mol.